The van der Waals surface area contributed by atoms with E-state index in [4.69, 9.17) is 18.0 Å². The summed E-state index contributed by atoms with van der Waals surface area (Å²) >= 11 is 6.44. The van der Waals surface area contributed by atoms with Gasteiger partial charge in [0, 0.05) is 17.1 Å². The highest BCUT2D eigenvalue weighted by atomic mass is 32.2. The topological polar surface area (TPSA) is 85.1 Å². The summed E-state index contributed by atoms with van der Waals surface area (Å²) in [5.74, 6) is 0. The van der Waals surface area contributed by atoms with Gasteiger partial charge in [-0.3, -0.25) is 4.98 Å². The van der Waals surface area contributed by atoms with E-state index in [2.05, 4.69) is 9.71 Å². The van der Waals surface area contributed by atoms with Crippen molar-refractivity contribution in [2.24, 2.45) is 5.73 Å². The van der Waals surface area contributed by atoms with Crippen LogP contribution < -0.4 is 10.5 Å². The van der Waals surface area contributed by atoms with E-state index in [1.54, 1.807) is 17.4 Å². The van der Waals surface area contributed by atoms with Crippen molar-refractivity contribution in [1.29, 1.82) is 0 Å². The Balaban J connectivity index is 2.20. The van der Waals surface area contributed by atoms with Crippen LogP contribution in [0, 0.1) is 0 Å². The molecule has 0 radical (unpaired) electrons. The minimum Gasteiger partial charge on any atom is -0.388 e. The molecule has 0 saturated heterocycles. The van der Waals surface area contributed by atoms with Crippen molar-refractivity contribution < 1.29 is 8.42 Å². The van der Waals surface area contributed by atoms with Crippen LogP contribution >= 0.6 is 23.6 Å². The van der Waals surface area contributed by atoms with Crippen LogP contribution in [-0.4, -0.2) is 24.4 Å². The Kier molecular flexibility index (Phi) is 5.04. The maximum Gasteiger partial charge on any atom is 0.243 e. The molecule has 2 heterocycles. The predicted octanol–water partition coefficient (Wildman–Crippen LogP) is 1.69. The van der Waals surface area contributed by atoms with Gasteiger partial charge in [0.25, 0.3) is 0 Å². The minimum absolute atomic E-state index is 0.00975. The molecule has 0 bridgehead atoms. The van der Waals surface area contributed by atoms with Crippen molar-refractivity contribution >= 4 is 38.6 Å². The lowest BCUT2D eigenvalue weighted by molar-refractivity contribution is 0.560. The van der Waals surface area contributed by atoms with Crippen molar-refractivity contribution in [2.45, 2.75) is 24.3 Å². The molecule has 5 nitrogen and oxygen atoms in total. The van der Waals surface area contributed by atoms with Gasteiger partial charge in [-0.05, 0) is 36.9 Å². The van der Waals surface area contributed by atoms with Crippen molar-refractivity contribution in [3.63, 3.8) is 0 Å². The van der Waals surface area contributed by atoms with Crippen LogP contribution in [-0.2, 0) is 16.4 Å². The average molecular weight is 341 g/mol. The number of aromatic nitrogens is 1. The maximum absolute atomic E-state index is 12.4. The van der Waals surface area contributed by atoms with E-state index < -0.39 is 10.0 Å². The molecule has 2 aromatic rings. The van der Waals surface area contributed by atoms with E-state index in [1.807, 2.05) is 24.4 Å². The van der Waals surface area contributed by atoms with Crippen molar-refractivity contribution in [2.75, 3.05) is 0 Å². The highest BCUT2D eigenvalue weighted by Gasteiger charge is 2.22. The molecule has 0 fully saturated rings. The number of nitrogens with one attached hydrogen (secondary N) is 1. The van der Waals surface area contributed by atoms with Gasteiger partial charge in [0.05, 0.1) is 0 Å². The zero-order chi connectivity index (χ0) is 15.5. The number of sulfonamides is 1. The summed E-state index contributed by atoms with van der Waals surface area (Å²) in [4.78, 5) is 5.03. The fourth-order valence-electron chi connectivity index (χ4n) is 1.89. The van der Waals surface area contributed by atoms with Gasteiger partial charge in [0.15, 0.2) is 0 Å². The largest absolute Gasteiger partial charge is 0.388 e. The van der Waals surface area contributed by atoms with E-state index in [0.29, 0.717) is 6.42 Å². The number of nitrogens with two attached hydrogens (primary N) is 1. The lowest BCUT2D eigenvalue weighted by atomic mass is 10.2. The number of pyridine rings is 1. The Labute approximate surface area is 133 Å². The van der Waals surface area contributed by atoms with Crippen LogP contribution in [0.5, 0.6) is 0 Å². The predicted molar refractivity (Wildman–Crippen MR) is 87.9 cm³/mol. The lowest BCUT2D eigenvalue weighted by Gasteiger charge is -2.15. The van der Waals surface area contributed by atoms with Gasteiger partial charge < -0.3 is 5.73 Å². The summed E-state index contributed by atoms with van der Waals surface area (Å²) in [5.41, 5.74) is 5.64. The van der Waals surface area contributed by atoms with E-state index >= 15 is 0 Å². The van der Waals surface area contributed by atoms with Crippen LogP contribution in [0.3, 0.4) is 0 Å². The zero-order valence-corrected chi connectivity index (χ0v) is 13.8. The fourth-order valence-corrected chi connectivity index (χ4v) is 4.37. The zero-order valence-electron chi connectivity index (χ0n) is 11.3. The Bertz CT molecular complexity index is 727. The molecule has 0 aliphatic carbocycles. The quantitative estimate of drug-likeness (QED) is 0.781. The standard InChI is InChI=1S/C13H15N3O2S3/c1-9(8-10-4-3-7-20-10)16-21(17,18)11-5-2-6-15-12(11)13(14)19/h2-7,9,16H,8H2,1H3,(H2,14,19). The van der Waals surface area contributed by atoms with Crippen LogP contribution in [0.15, 0.2) is 40.7 Å². The third kappa shape index (κ3) is 4.07. The summed E-state index contributed by atoms with van der Waals surface area (Å²) in [7, 11) is -3.71. The van der Waals surface area contributed by atoms with Crippen molar-refractivity contribution in [3.05, 3.63) is 46.4 Å². The molecule has 0 aromatic carbocycles. The molecule has 0 aliphatic heterocycles. The molecule has 1 atom stereocenters. The number of hydrogen-bond acceptors (Lipinski definition) is 5. The molecule has 8 heteroatoms. The van der Waals surface area contributed by atoms with Crippen molar-refractivity contribution in [3.8, 4) is 0 Å². The summed E-state index contributed by atoms with van der Waals surface area (Å²) < 4.78 is 27.5. The van der Waals surface area contributed by atoms with E-state index in [0.717, 1.165) is 4.88 Å². The molecule has 112 valence electrons. The van der Waals surface area contributed by atoms with Gasteiger partial charge in [-0.15, -0.1) is 11.3 Å². The summed E-state index contributed by atoms with van der Waals surface area (Å²) in [6.07, 6.45) is 2.09. The van der Waals surface area contributed by atoms with Crippen molar-refractivity contribution in [1.82, 2.24) is 9.71 Å². The molecule has 3 N–H and O–H groups in total. The smallest absolute Gasteiger partial charge is 0.243 e. The number of rotatable bonds is 6. The van der Waals surface area contributed by atoms with Gasteiger partial charge in [-0.25, -0.2) is 13.1 Å². The SMILES string of the molecule is CC(Cc1cccs1)NS(=O)(=O)c1cccnc1C(N)=S. The Hall–Kier alpha value is -1.35. The molecule has 21 heavy (non-hydrogen) atoms. The van der Waals surface area contributed by atoms with E-state index in [-0.39, 0.29) is 21.6 Å². The first kappa shape index (κ1) is 16.0. The van der Waals surface area contributed by atoms with Gasteiger partial charge >= 0.3 is 0 Å². The fraction of sp³-hybridized carbons (Fsp3) is 0.231. The first-order valence-electron chi connectivity index (χ1n) is 6.19. The highest BCUT2D eigenvalue weighted by Crippen LogP contribution is 2.16. The second kappa shape index (κ2) is 6.61. The molecule has 2 aromatic heterocycles. The molecule has 0 amide bonds. The monoisotopic (exact) mass is 341 g/mol. The van der Waals surface area contributed by atoms with E-state index in [9.17, 15) is 8.42 Å². The number of thiocarbonyl (C=S) groups is 1. The second-order valence-electron chi connectivity index (χ2n) is 4.52. The first-order chi connectivity index (χ1) is 9.90. The number of nitrogens with zero attached hydrogens (tertiary/aromatic N) is 1. The van der Waals surface area contributed by atoms with Gasteiger partial charge in [-0.1, -0.05) is 18.3 Å². The van der Waals surface area contributed by atoms with Crippen LogP contribution in [0.2, 0.25) is 0 Å². The van der Waals surface area contributed by atoms with Crippen LogP contribution in [0.25, 0.3) is 0 Å². The average Bonchev–Trinajstić information content (AvgIpc) is 2.90. The highest BCUT2D eigenvalue weighted by molar-refractivity contribution is 7.89. The number of hydrogen-bond donors (Lipinski definition) is 2. The molecular formula is C13H15N3O2S3. The Morgan fingerprint density at radius 2 is 2.24 bits per heavy atom. The Morgan fingerprint density at radius 1 is 1.48 bits per heavy atom. The molecule has 0 aliphatic rings. The molecule has 0 spiro atoms. The molecule has 2 rings (SSSR count). The minimum atomic E-state index is -3.71. The molecule has 1 unspecified atom stereocenters. The lowest BCUT2D eigenvalue weighted by Crippen LogP contribution is -2.35. The van der Waals surface area contributed by atoms with Crippen LogP contribution in [0.4, 0.5) is 0 Å². The van der Waals surface area contributed by atoms with Gasteiger partial charge in [0.2, 0.25) is 10.0 Å². The first-order valence-corrected chi connectivity index (χ1v) is 8.97. The summed E-state index contributed by atoms with van der Waals surface area (Å²) in [5, 5.41) is 1.96. The third-order valence-electron chi connectivity index (χ3n) is 2.74. The van der Waals surface area contributed by atoms with Crippen LogP contribution in [0.1, 0.15) is 17.5 Å². The summed E-state index contributed by atoms with van der Waals surface area (Å²) in [6, 6.07) is 6.66. The van der Waals surface area contributed by atoms with Gasteiger partial charge in [0.1, 0.15) is 15.6 Å². The van der Waals surface area contributed by atoms with E-state index in [1.165, 1.54) is 12.3 Å². The number of thiophene rings is 1. The maximum atomic E-state index is 12.4. The normalized spacial score (nSPS) is 13.0. The van der Waals surface area contributed by atoms with Gasteiger partial charge in [-0.2, -0.15) is 0 Å². The summed E-state index contributed by atoms with van der Waals surface area (Å²) in [6.45, 7) is 1.81. The Morgan fingerprint density at radius 3 is 2.86 bits per heavy atom. The second-order valence-corrected chi connectivity index (χ2v) is 7.67. The molecule has 0 saturated carbocycles. The third-order valence-corrected chi connectivity index (χ3v) is 5.45. The molecular weight excluding hydrogens is 326 g/mol.